The molecule has 148 valence electrons. The van der Waals surface area contributed by atoms with Crippen molar-refractivity contribution >= 4 is 11.8 Å². The van der Waals surface area contributed by atoms with E-state index in [9.17, 15) is 9.59 Å². The van der Waals surface area contributed by atoms with Crippen molar-refractivity contribution in [2.45, 2.75) is 33.2 Å². The van der Waals surface area contributed by atoms with Crippen LogP contribution in [0.3, 0.4) is 0 Å². The molecule has 2 aromatic rings. The molecule has 28 heavy (non-hydrogen) atoms. The van der Waals surface area contributed by atoms with E-state index in [1.54, 1.807) is 24.3 Å². The molecule has 1 aliphatic rings. The number of rotatable bonds is 8. The zero-order valence-electron chi connectivity index (χ0n) is 16.4. The van der Waals surface area contributed by atoms with Gasteiger partial charge in [0.1, 0.15) is 0 Å². The molecule has 0 saturated heterocycles. The molecule has 0 atom stereocenters. The van der Waals surface area contributed by atoms with Crippen molar-refractivity contribution in [1.82, 2.24) is 10.2 Å². The number of carbonyl (C=O) groups excluding carboxylic acids is 2. The third-order valence-electron chi connectivity index (χ3n) is 4.54. The van der Waals surface area contributed by atoms with Gasteiger partial charge in [-0.1, -0.05) is 26.0 Å². The van der Waals surface area contributed by atoms with Crippen molar-refractivity contribution in [3.8, 4) is 11.5 Å². The number of fused-ring (bicyclic) bond motifs is 1. The van der Waals surface area contributed by atoms with Gasteiger partial charge in [0.15, 0.2) is 11.5 Å². The van der Waals surface area contributed by atoms with E-state index in [0.29, 0.717) is 42.3 Å². The highest BCUT2D eigenvalue weighted by atomic mass is 16.7. The maximum absolute atomic E-state index is 12.8. The molecule has 0 unspecified atom stereocenters. The van der Waals surface area contributed by atoms with Crippen molar-refractivity contribution < 1.29 is 19.1 Å². The molecule has 0 aromatic heterocycles. The van der Waals surface area contributed by atoms with E-state index < -0.39 is 0 Å². The van der Waals surface area contributed by atoms with Crippen LogP contribution in [0.2, 0.25) is 0 Å². The molecule has 2 aromatic carbocycles. The van der Waals surface area contributed by atoms with Gasteiger partial charge in [0.2, 0.25) is 6.79 Å². The predicted molar refractivity (Wildman–Crippen MR) is 107 cm³/mol. The van der Waals surface area contributed by atoms with Crippen LogP contribution >= 0.6 is 0 Å². The molecule has 0 aliphatic carbocycles. The van der Waals surface area contributed by atoms with Crippen LogP contribution in [0.15, 0.2) is 42.5 Å². The number of amides is 2. The highest BCUT2D eigenvalue weighted by Crippen LogP contribution is 2.32. The predicted octanol–water partition coefficient (Wildman–Crippen LogP) is 3.61. The van der Waals surface area contributed by atoms with Crippen molar-refractivity contribution in [3.05, 3.63) is 59.2 Å². The molecule has 1 heterocycles. The summed E-state index contributed by atoms with van der Waals surface area (Å²) in [6.07, 6.45) is 1.81. The van der Waals surface area contributed by atoms with Crippen LogP contribution in [0.5, 0.6) is 11.5 Å². The fourth-order valence-electron chi connectivity index (χ4n) is 3.17. The summed E-state index contributed by atoms with van der Waals surface area (Å²) in [5, 5.41) is 2.89. The Morgan fingerprint density at radius 3 is 2.43 bits per heavy atom. The number of ether oxygens (including phenoxy) is 2. The Kier molecular flexibility index (Phi) is 6.53. The van der Waals surface area contributed by atoms with E-state index in [2.05, 4.69) is 19.2 Å². The van der Waals surface area contributed by atoms with Crippen molar-refractivity contribution in [2.24, 2.45) is 0 Å². The lowest BCUT2D eigenvalue weighted by Gasteiger charge is -2.21. The molecular formula is C22H26N2O4. The lowest BCUT2D eigenvalue weighted by atomic mass is 10.1. The second-order valence-electron chi connectivity index (χ2n) is 6.74. The Morgan fingerprint density at radius 2 is 1.68 bits per heavy atom. The zero-order valence-corrected chi connectivity index (χ0v) is 16.4. The zero-order chi connectivity index (χ0) is 19.9. The second kappa shape index (κ2) is 9.26. The fraction of sp³-hybridized carbons (Fsp3) is 0.364. The number of nitrogens with one attached hydrogen (secondary N) is 1. The van der Waals surface area contributed by atoms with Crippen molar-refractivity contribution in [1.29, 1.82) is 0 Å². The maximum atomic E-state index is 12.8. The number of nitrogens with zero attached hydrogens (tertiary/aromatic N) is 1. The highest BCUT2D eigenvalue weighted by molar-refractivity contribution is 5.99. The van der Waals surface area contributed by atoms with E-state index in [-0.39, 0.29) is 18.6 Å². The first kappa shape index (κ1) is 19.7. The van der Waals surface area contributed by atoms with Gasteiger partial charge in [-0.3, -0.25) is 9.59 Å². The summed E-state index contributed by atoms with van der Waals surface area (Å²) in [6.45, 7) is 6.12. The fourth-order valence-corrected chi connectivity index (χ4v) is 3.17. The smallest absolute Gasteiger partial charge is 0.253 e. The molecular weight excluding hydrogens is 356 g/mol. The summed E-state index contributed by atoms with van der Waals surface area (Å²) in [5.41, 5.74) is 1.93. The third kappa shape index (κ3) is 4.63. The summed E-state index contributed by atoms with van der Waals surface area (Å²) >= 11 is 0. The Morgan fingerprint density at radius 1 is 0.964 bits per heavy atom. The molecule has 2 amide bonds. The molecule has 6 heteroatoms. The lowest BCUT2D eigenvalue weighted by molar-refractivity contribution is 0.0755. The molecule has 6 nitrogen and oxygen atoms in total. The number of hydrogen-bond donors (Lipinski definition) is 1. The van der Waals surface area contributed by atoms with Crippen LogP contribution in [0.1, 0.15) is 53.0 Å². The topological polar surface area (TPSA) is 67.9 Å². The quantitative estimate of drug-likeness (QED) is 0.757. The number of carbonyl (C=O) groups is 2. The molecule has 1 aliphatic heterocycles. The van der Waals surface area contributed by atoms with E-state index in [0.717, 1.165) is 18.4 Å². The Hall–Kier alpha value is -3.02. The minimum absolute atomic E-state index is 0.0332. The van der Waals surface area contributed by atoms with Crippen LogP contribution in [0.4, 0.5) is 0 Å². The van der Waals surface area contributed by atoms with Crippen LogP contribution in [0.25, 0.3) is 0 Å². The minimum atomic E-state index is -0.218. The summed E-state index contributed by atoms with van der Waals surface area (Å²) < 4.78 is 10.6. The standard InChI is InChI=1S/C22H26N2O4/c1-3-10-24(11-4-2)22(26)18-7-5-6-17(13-18)21(25)23-14-16-8-9-19-20(12-16)28-15-27-19/h5-9,12-13H,3-4,10-11,14-15H2,1-2H3,(H,23,25). The average molecular weight is 382 g/mol. The monoisotopic (exact) mass is 382 g/mol. The average Bonchev–Trinajstić information content (AvgIpc) is 3.19. The van der Waals surface area contributed by atoms with E-state index in [1.165, 1.54) is 0 Å². The molecule has 3 rings (SSSR count). The van der Waals surface area contributed by atoms with Gasteiger partial charge in [-0.05, 0) is 48.7 Å². The SMILES string of the molecule is CCCN(CCC)C(=O)c1cccc(C(=O)NCc2ccc3c(c2)OCO3)c1. The minimum Gasteiger partial charge on any atom is -0.454 e. The Balaban J connectivity index is 1.65. The van der Waals surface area contributed by atoms with Gasteiger partial charge >= 0.3 is 0 Å². The van der Waals surface area contributed by atoms with Gasteiger partial charge in [-0.2, -0.15) is 0 Å². The molecule has 0 saturated carbocycles. The van der Waals surface area contributed by atoms with Gasteiger partial charge in [-0.25, -0.2) is 0 Å². The van der Waals surface area contributed by atoms with Gasteiger partial charge in [0, 0.05) is 30.8 Å². The first-order chi connectivity index (χ1) is 13.6. The van der Waals surface area contributed by atoms with E-state index in [4.69, 9.17) is 9.47 Å². The highest BCUT2D eigenvalue weighted by Gasteiger charge is 2.17. The van der Waals surface area contributed by atoms with E-state index >= 15 is 0 Å². The Labute approximate surface area is 165 Å². The van der Waals surface area contributed by atoms with Crippen LogP contribution < -0.4 is 14.8 Å². The first-order valence-electron chi connectivity index (χ1n) is 9.68. The molecule has 0 spiro atoms. The molecule has 0 fully saturated rings. The van der Waals surface area contributed by atoms with Gasteiger partial charge in [0.05, 0.1) is 0 Å². The van der Waals surface area contributed by atoms with E-state index in [1.807, 2.05) is 23.1 Å². The summed E-state index contributed by atoms with van der Waals surface area (Å²) in [4.78, 5) is 27.1. The first-order valence-corrected chi connectivity index (χ1v) is 9.68. The molecule has 1 N–H and O–H groups in total. The van der Waals surface area contributed by atoms with Crippen LogP contribution in [-0.2, 0) is 6.54 Å². The van der Waals surface area contributed by atoms with Crippen molar-refractivity contribution in [2.75, 3.05) is 19.9 Å². The largest absolute Gasteiger partial charge is 0.454 e. The Bertz CT molecular complexity index is 844. The van der Waals surface area contributed by atoms with Gasteiger partial charge in [-0.15, -0.1) is 0 Å². The van der Waals surface area contributed by atoms with Crippen LogP contribution in [0, 0.1) is 0 Å². The molecule has 0 bridgehead atoms. The normalized spacial score (nSPS) is 11.9. The van der Waals surface area contributed by atoms with Crippen molar-refractivity contribution in [3.63, 3.8) is 0 Å². The third-order valence-corrected chi connectivity index (χ3v) is 4.54. The summed E-state index contributed by atoms with van der Waals surface area (Å²) in [6, 6.07) is 12.5. The van der Waals surface area contributed by atoms with Gasteiger partial charge in [0.25, 0.3) is 11.8 Å². The summed E-state index contributed by atoms with van der Waals surface area (Å²) in [7, 11) is 0. The second-order valence-corrected chi connectivity index (χ2v) is 6.74. The number of hydrogen-bond acceptors (Lipinski definition) is 4. The summed E-state index contributed by atoms with van der Waals surface area (Å²) in [5.74, 6) is 1.15. The lowest BCUT2D eigenvalue weighted by Crippen LogP contribution is -2.32. The van der Waals surface area contributed by atoms with Crippen LogP contribution in [-0.4, -0.2) is 36.6 Å². The van der Waals surface area contributed by atoms with Gasteiger partial charge < -0.3 is 19.7 Å². The number of benzene rings is 2. The maximum Gasteiger partial charge on any atom is 0.253 e. The molecule has 0 radical (unpaired) electrons.